The van der Waals surface area contributed by atoms with E-state index in [1.54, 1.807) is 11.8 Å². The van der Waals surface area contributed by atoms with Gasteiger partial charge in [-0.05, 0) is 69.4 Å². The van der Waals surface area contributed by atoms with Gasteiger partial charge in [0.2, 0.25) is 11.8 Å². The van der Waals surface area contributed by atoms with Crippen molar-refractivity contribution < 1.29 is 19.1 Å². The van der Waals surface area contributed by atoms with Crippen molar-refractivity contribution in [2.45, 2.75) is 77.2 Å². The lowest BCUT2D eigenvalue weighted by Gasteiger charge is -2.34. The minimum Gasteiger partial charge on any atom is -0.351 e. The van der Waals surface area contributed by atoms with Gasteiger partial charge in [0.1, 0.15) is 6.04 Å². The first-order valence-electron chi connectivity index (χ1n) is 12.6. The molecule has 0 bridgehead atoms. The molecule has 182 valence electrons. The summed E-state index contributed by atoms with van der Waals surface area (Å²) in [7, 11) is 0. The Morgan fingerprint density at radius 1 is 1.09 bits per heavy atom. The summed E-state index contributed by atoms with van der Waals surface area (Å²) in [5.74, 6) is 2.20. The second-order valence-electron chi connectivity index (χ2n) is 9.32. The Kier molecular flexibility index (Phi) is 8.72. The Bertz CT molecular complexity index is 813. The third-order valence-corrected chi connectivity index (χ3v) is 8.29. The summed E-state index contributed by atoms with van der Waals surface area (Å²) in [5, 5.41) is 0. The topological polar surface area (TPSA) is 59.1 Å². The summed E-state index contributed by atoms with van der Waals surface area (Å²) in [5.41, 5.74) is 2.90. The fraction of sp³-hybridized carbons (Fsp3) is 0.692. The molecule has 2 fully saturated rings. The highest BCUT2D eigenvalue weighted by Crippen LogP contribution is 2.31. The third kappa shape index (κ3) is 5.75. The number of fused-ring (bicyclic) bond motifs is 1. The van der Waals surface area contributed by atoms with E-state index in [-0.39, 0.29) is 23.9 Å². The SMILES string of the molecule is CCOC(OCC)[C@@H]1CSCN1C(=O)[C@@H]1CCCN1C(=O)CC[C@H]1CCc2ccccc2C1. The molecule has 0 saturated carbocycles. The summed E-state index contributed by atoms with van der Waals surface area (Å²) in [4.78, 5) is 30.5. The molecule has 4 rings (SSSR count). The zero-order chi connectivity index (χ0) is 23.2. The molecule has 7 heteroatoms. The smallest absolute Gasteiger partial charge is 0.246 e. The number of amides is 2. The summed E-state index contributed by atoms with van der Waals surface area (Å²) in [6.45, 7) is 5.68. The van der Waals surface area contributed by atoms with E-state index in [1.807, 2.05) is 23.6 Å². The molecule has 1 aromatic rings. The van der Waals surface area contributed by atoms with Crippen LogP contribution in [0.2, 0.25) is 0 Å². The fourth-order valence-corrected chi connectivity index (χ4v) is 6.71. The lowest BCUT2D eigenvalue weighted by molar-refractivity contribution is -0.175. The van der Waals surface area contributed by atoms with Gasteiger partial charge >= 0.3 is 0 Å². The average Bonchev–Trinajstić information content (AvgIpc) is 3.52. The van der Waals surface area contributed by atoms with Crippen LogP contribution in [-0.4, -0.2) is 71.4 Å². The minimum absolute atomic E-state index is 0.0619. The first-order chi connectivity index (χ1) is 16.1. The molecule has 1 aromatic carbocycles. The van der Waals surface area contributed by atoms with Crippen LogP contribution >= 0.6 is 11.8 Å². The summed E-state index contributed by atoms with van der Waals surface area (Å²) in [6.07, 6.45) is 6.00. The number of carbonyl (C=O) groups is 2. The van der Waals surface area contributed by atoms with Gasteiger partial charge in [-0.1, -0.05) is 24.3 Å². The van der Waals surface area contributed by atoms with Crippen molar-refractivity contribution in [2.75, 3.05) is 31.4 Å². The maximum atomic E-state index is 13.5. The van der Waals surface area contributed by atoms with Gasteiger partial charge in [-0.2, -0.15) is 0 Å². The van der Waals surface area contributed by atoms with E-state index in [0.717, 1.165) is 44.3 Å². The second-order valence-corrected chi connectivity index (χ2v) is 10.3. The summed E-state index contributed by atoms with van der Waals surface area (Å²) >= 11 is 1.73. The predicted octanol–water partition coefficient (Wildman–Crippen LogP) is 3.86. The Morgan fingerprint density at radius 2 is 1.85 bits per heavy atom. The molecule has 2 heterocycles. The van der Waals surface area contributed by atoms with Crippen molar-refractivity contribution >= 4 is 23.6 Å². The van der Waals surface area contributed by atoms with E-state index in [4.69, 9.17) is 9.47 Å². The van der Waals surface area contributed by atoms with E-state index in [2.05, 4.69) is 24.3 Å². The number of likely N-dealkylation sites (tertiary alicyclic amines) is 1. The van der Waals surface area contributed by atoms with Crippen LogP contribution < -0.4 is 0 Å². The van der Waals surface area contributed by atoms with Crippen molar-refractivity contribution in [3.05, 3.63) is 35.4 Å². The van der Waals surface area contributed by atoms with Crippen molar-refractivity contribution in [1.29, 1.82) is 0 Å². The van der Waals surface area contributed by atoms with E-state index in [9.17, 15) is 9.59 Å². The van der Waals surface area contributed by atoms with Crippen LogP contribution in [-0.2, 0) is 31.9 Å². The molecule has 2 amide bonds. The number of hydrogen-bond donors (Lipinski definition) is 0. The van der Waals surface area contributed by atoms with E-state index in [1.165, 1.54) is 11.1 Å². The van der Waals surface area contributed by atoms with Gasteiger partial charge in [0.15, 0.2) is 6.29 Å². The normalized spacial score (nSPS) is 25.0. The van der Waals surface area contributed by atoms with E-state index in [0.29, 0.717) is 38.0 Å². The molecule has 0 aromatic heterocycles. The molecule has 6 nitrogen and oxygen atoms in total. The number of benzene rings is 1. The molecular formula is C26H38N2O4S. The number of nitrogens with zero attached hydrogens (tertiary/aromatic N) is 2. The van der Waals surface area contributed by atoms with Gasteiger partial charge in [-0.25, -0.2) is 0 Å². The molecule has 2 saturated heterocycles. The number of carbonyl (C=O) groups excluding carboxylic acids is 2. The van der Waals surface area contributed by atoms with Crippen LogP contribution in [0.1, 0.15) is 57.1 Å². The molecule has 2 aliphatic heterocycles. The average molecular weight is 475 g/mol. The Morgan fingerprint density at radius 3 is 2.61 bits per heavy atom. The van der Waals surface area contributed by atoms with E-state index >= 15 is 0 Å². The zero-order valence-corrected chi connectivity index (χ0v) is 20.9. The predicted molar refractivity (Wildman–Crippen MR) is 131 cm³/mol. The molecular weight excluding hydrogens is 436 g/mol. The summed E-state index contributed by atoms with van der Waals surface area (Å²) in [6, 6.07) is 8.24. The van der Waals surface area contributed by atoms with Gasteiger partial charge in [-0.15, -0.1) is 11.8 Å². The van der Waals surface area contributed by atoms with Gasteiger partial charge in [0, 0.05) is 31.9 Å². The van der Waals surface area contributed by atoms with Crippen molar-refractivity contribution in [2.24, 2.45) is 5.92 Å². The lowest BCUT2D eigenvalue weighted by atomic mass is 9.81. The number of hydrogen-bond acceptors (Lipinski definition) is 5. The third-order valence-electron chi connectivity index (χ3n) is 7.25. The molecule has 3 aliphatic rings. The quantitative estimate of drug-likeness (QED) is 0.509. The van der Waals surface area contributed by atoms with E-state index < -0.39 is 6.29 Å². The molecule has 0 unspecified atom stereocenters. The maximum absolute atomic E-state index is 13.5. The highest BCUT2D eigenvalue weighted by molar-refractivity contribution is 7.99. The van der Waals surface area contributed by atoms with Crippen LogP contribution in [0.15, 0.2) is 24.3 Å². The van der Waals surface area contributed by atoms with Crippen LogP contribution in [0.5, 0.6) is 0 Å². The number of rotatable bonds is 9. The summed E-state index contributed by atoms with van der Waals surface area (Å²) < 4.78 is 11.6. The highest BCUT2D eigenvalue weighted by atomic mass is 32.2. The zero-order valence-electron chi connectivity index (χ0n) is 20.0. The molecule has 0 N–H and O–H groups in total. The second kappa shape index (κ2) is 11.7. The van der Waals surface area contributed by atoms with Crippen molar-refractivity contribution in [3.63, 3.8) is 0 Å². The molecule has 1 aliphatic carbocycles. The first kappa shape index (κ1) is 24.6. The monoisotopic (exact) mass is 474 g/mol. The largest absolute Gasteiger partial charge is 0.351 e. The van der Waals surface area contributed by atoms with Crippen LogP contribution in [0.25, 0.3) is 0 Å². The fourth-order valence-electron chi connectivity index (χ4n) is 5.51. The number of ether oxygens (including phenoxy) is 2. The molecule has 33 heavy (non-hydrogen) atoms. The Balaban J connectivity index is 1.34. The minimum atomic E-state index is -0.404. The first-order valence-corrected chi connectivity index (χ1v) is 13.8. The molecule has 3 atom stereocenters. The maximum Gasteiger partial charge on any atom is 0.246 e. The van der Waals surface area contributed by atoms with Gasteiger partial charge in [0.25, 0.3) is 0 Å². The molecule has 0 radical (unpaired) electrons. The number of thioether (sulfide) groups is 1. The standard InChI is InChI=1S/C26H38N2O4S/c1-3-31-26(32-4-2)23-17-33-18-28(23)25(30)22-10-7-15-27(22)24(29)14-12-19-11-13-20-8-5-6-9-21(20)16-19/h5-6,8-9,19,22-23,26H,3-4,7,10-18H2,1-2H3/t19-,22+,23+/m1/s1. The Labute approximate surface area is 202 Å². The highest BCUT2D eigenvalue weighted by Gasteiger charge is 2.43. The van der Waals surface area contributed by atoms with Crippen LogP contribution in [0.4, 0.5) is 0 Å². The van der Waals surface area contributed by atoms with Crippen molar-refractivity contribution in [3.8, 4) is 0 Å². The van der Waals surface area contributed by atoms with Crippen LogP contribution in [0, 0.1) is 5.92 Å². The molecule has 0 spiro atoms. The van der Waals surface area contributed by atoms with Gasteiger partial charge < -0.3 is 19.3 Å². The van der Waals surface area contributed by atoms with Crippen LogP contribution in [0.3, 0.4) is 0 Å². The number of aryl methyl sites for hydroxylation is 1. The van der Waals surface area contributed by atoms with Gasteiger partial charge in [-0.3, -0.25) is 9.59 Å². The Hall–Kier alpha value is -1.57. The van der Waals surface area contributed by atoms with Gasteiger partial charge in [0.05, 0.1) is 11.9 Å². The lowest BCUT2D eigenvalue weighted by Crippen LogP contribution is -2.53. The van der Waals surface area contributed by atoms with Crippen molar-refractivity contribution in [1.82, 2.24) is 9.80 Å².